The van der Waals surface area contributed by atoms with E-state index in [2.05, 4.69) is 0 Å². The van der Waals surface area contributed by atoms with E-state index in [1.807, 2.05) is 0 Å². The molecule has 0 saturated heterocycles. The fourth-order valence-electron chi connectivity index (χ4n) is 6.73. The third-order valence-electron chi connectivity index (χ3n) is 8.08. The Balaban J connectivity index is 1.62. The van der Waals surface area contributed by atoms with Gasteiger partial charge >= 0.3 is 0 Å². The second-order valence-electron chi connectivity index (χ2n) is 8.83. The molecule has 3 saturated carbocycles. The molecule has 0 radical (unpaired) electrons. The number of allylic oxidation sites excluding steroid dienone is 4. The number of halogens is 12. The molecule has 5 rings (SSSR count). The molecule has 0 nitrogen and oxygen atoms in total. The average Bonchev–Trinajstić information content (AvgIpc) is 2.96. The smallest absolute Gasteiger partial charge is 0.109 e. The van der Waals surface area contributed by atoms with Crippen molar-refractivity contribution in [1.82, 2.24) is 0 Å². The van der Waals surface area contributed by atoms with Crippen LogP contribution in [0.1, 0.15) is 25.7 Å². The summed E-state index contributed by atoms with van der Waals surface area (Å²) in [5.74, 6) is -0.976. The van der Waals surface area contributed by atoms with E-state index in [0.29, 0.717) is 25.7 Å². The monoisotopic (exact) mass is 648 g/mol. The third kappa shape index (κ3) is 2.18. The van der Waals surface area contributed by atoms with Gasteiger partial charge in [0, 0.05) is 0 Å². The van der Waals surface area contributed by atoms with Crippen molar-refractivity contribution >= 4 is 139 Å². The molecular formula is C18H12Cl12. The Morgan fingerprint density at radius 3 is 0.733 bits per heavy atom. The van der Waals surface area contributed by atoms with Crippen LogP contribution in [-0.2, 0) is 0 Å². The van der Waals surface area contributed by atoms with Crippen molar-refractivity contribution in [1.29, 1.82) is 0 Å². The summed E-state index contributed by atoms with van der Waals surface area (Å²) in [6.07, 6.45) is 2.22. The molecule has 0 N–H and O–H groups in total. The van der Waals surface area contributed by atoms with Gasteiger partial charge in [-0.3, -0.25) is 0 Å². The van der Waals surface area contributed by atoms with Crippen molar-refractivity contribution in [3.05, 3.63) is 20.1 Å². The maximum absolute atomic E-state index is 7.02. The van der Waals surface area contributed by atoms with E-state index in [9.17, 15) is 0 Å². The van der Waals surface area contributed by atoms with Crippen molar-refractivity contribution in [2.75, 3.05) is 0 Å². The molecule has 5 aliphatic carbocycles. The van der Waals surface area contributed by atoms with Gasteiger partial charge in [0.1, 0.15) is 19.5 Å². The molecule has 0 heterocycles. The van der Waals surface area contributed by atoms with Crippen LogP contribution >= 0.6 is 139 Å². The maximum Gasteiger partial charge on any atom is 0.166 e. The van der Waals surface area contributed by atoms with Crippen molar-refractivity contribution < 1.29 is 0 Å². The Morgan fingerprint density at radius 1 is 0.400 bits per heavy atom. The van der Waals surface area contributed by atoms with Crippen LogP contribution < -0.4 is 0 Å². The molecular weight excluding hydrogens is 642 g/mol. The van der Waals surface area contributed by atoms with Crippen LogP contribution in [-0.4, -0.2) is 28.2 Å². The lowest BCUT2D eigenvalue weighted by Crippen LogP contribution is -2.45. The number of fused-ring (bicyclic) bond motifs is 10. The lowest BCUT2D eigenvalue weighted by Gasteiger charge is -2.44. The van der Waals surface area contributed by atoms with Crippen LogP contribution in [0.25, 0.3) is 0 Å². The van der Waals surface area contributed by atoms with E-state index in [0.717, 1.165) is 0 Å². The lowest BCUT2D eigenvalue weighted by atomic mass is 9.67. The molecule has 4 bridgehead atoms. The van der Waals surface area contributed by atoms with Gasteiger partial charge in [0.2, 0.25) is 0 Å². The van der Waals surface area contributed by atoms with Gasteiger partial charge in [0.05, 0.1) is 20.1 Å². The minimum atomic E-state index is -1.58. The first-order valence-electron chi connectivity index (χ1n) is 9.22. The van der Waals surface area contributed by atoms with Crippen molar-refractivity contribution in [2.24, 2.45) is 23.7 Å². The highest BCUT2D eigenvalue weighted by Gasteiger charge is 2.85. The minimum Gasteiger partial charge on any atom is -0.109 e. The summed E-state index contributed by atoms with van der Waals surface area (Å²) >= 11 is 81.3. The summed E-state index contributed by atoms with van der Waals surface area (Å²) in [6.45, 7) is 0. The zero-order valence-electron chi connectivity index (χ0n) is 14.7. The van der Waals surface area contributed by atoms with Crippen LogP contribution in [0, 0.1) is 23.7 Å². The van der Waals surface area contributed by atoms with Gasteiger partial charge in [-0.1, -0.05) is 92.8 Å². The maximum atomic E-state index is 7.02. The summed E-state index contributed by atoms with van der Waals surface area (Å²) in [5.41, 5.74) is 0. The second-order valence-corrected chi connectivity index (χ2v) is 15.4. The Bertz CT molecular complexity index is 782. The number of rotatable bonds is 0. The Labute approximate surface area is 234 Å². The van der Waals surface area contributed by atoms with Crippen LogP contribution in [0.4, 0.5) is 0 Å². The quantitative estimate of drug-likeness (QED) is 0.229. The highest BCUT2D eigenvalue weighted by atomic mass is 35.5. The van der Waals surface area contributed by atoms with Crippen LogP contribution in [0.5, 0.6) is 0 Å². The van der Waals surface area contributed by atoms with Gasteiger partial charge in [-0.05, 0) is 49.4 Å². The summed E-state index contributed by atoms with van der Waals surface area (Å²) < 4.78 is -3.17. The van der Waals surface area contributed by atoms with Crippen molar-refractivity contribution in [3.63, 3.8) is 0 Å². The number of hydrogen-bond donors (Lipinski definition) is 0. The van der Waals surface area contributed by atoms with Gasteiger partial charge in [-0.2, -0.15) is 0 Å². The standard InChI is InChI=1S/C18H12Cl12/c19-9-10(20)15(25)7-3-4-8-6(2-1-5(7)13(9,23)17(15,27)28)14(24)11(21)12(22)16(8,26)18(14,29)30/h5-8H,1-4H2/t5-,6-,7-,8+,13+,14-,15+,16-/m1/s1. The first-order valence-corrected chi connectivity index (χ1v) is 13.8. The molecule has 0 aliphatic heterocycles. The molecule has 3 fully saturated rings. The zero-order chi connectivity index (χ0) is 22.4. The van der Waals surface area contributed by atoms with E-state index < -0.39 is 28.2 Å². The van der Waals surface area contributed by atoms with Crippen LogP contribution in [0.3, 0.4) is 0 Å². The normalized spacial score (nSPS) is 55.6. The molecule has 12 heteroatoms. The molecule has 0 amide bonds. The molecule has 0 unspecified atom stereocenters. The summed E-state index contributed by atoms with van der Waals surface area (Å²) in [6, 6.07) is 0. The van der Waals surface area contributed by atoms with Crippen molar-refractivity contribution in [2.45, 2.75) is 53.8 Å². The summed E-state index contributed by atoms with van der Waals surface area (Å²) in [4.78, 5) is -5.28. The molecule has 0 aromatic heterocycles. The van der Waals surface area contributed by atoms with E-state index in [-0.39, 0.29) is 43.8 Å². The lowest BCUT2D eigenvalue weighted by molar-refractivity contribution is 0.175. The van der Waals surface area contributed by atoms with Crippen LogP contribution in [0.2, 0.25) is 0 Å². The van der Waals surface area contributed by atoms with Gasteiger partial charge in [0.25, 0.3) is 0 Å². The fraction of sp³-hybridized carbons (Fsp3) is 0.778. The second kappa shape index (κ2) is 6.83. The molecule has 8 atom stereocenters. The van der Waals surface area contributed by atoms with Crippen molar-refractivity contribution in [3.8, 4) is 0 Å². The van der Waals surface area contributed by atoms with E-state index >= 15 is 0 Å². The highest BCUT2D eigenvalue weighted by Crippen LogP contribution is 2.81. The minimum absolute atomic E-state index is 0.191. The van der Waals surface area contributed by atoms with Gasteiger partial charge in [0.15, 0.2) is 8.67 Å². The topological polar surface area (TPSA) is 0 Å². The highest BCUT2D eigenvalue weighted by molar-refractivity contribution is 6.66. The largest absolute Gasteiger partial charge is 0.166 e. The predicted octanol–water partition coefficient (Wildman–Crippen LogP) is 9.72. The van der Waals surface area contributed by atoms with E-state index in [4.69, 9.17) is 139 Å². The number of alkyl halides is 8. The molecule has 30 heavy (non-hydrogen) atoms. The fourth-order valence-corrected chi connectivity index (χ4v) is 13.0. The molecule has 0 spiro atoms. The Kier molecular flexibility index (Phi) is 5.61. The average molecular weight is 654 g/mol. The van der Waals surface area contributed by atoms with E-state index in [1.54, 1.807) is 0 Å². The first-order chi connectivity index (χ1) is 13.6. The zero-order valence-corrected chi connectivity index (χ0v) is 23.7. The SMILES string of the molecule is ClC1=C(Cl)[C@@]2(Cl)[C@@H]3CC[C@H]4[C@@H](CC[C@H]3[C@@]1(Cl)C2(Cl)Cl)[C@@]1(Cl)C(Cl)=C(Cl)[C@@]4(Cl)C1(Cl)Cl. The predicted molar refractivity (Wildman–Crippen MR) is 133 cm³/mol. The van der Waals surface area contributed by atoms with Gasteiger partial charge in [-0.25, -0.2) is 0 Å². The van der Waals surface area contributed by atoms with Crippen LogP contribution in [0.15, 0.2) is 20.1 Å². The summed E-state index contributed by atoms with van der Waals surface area (Å²) in [7, 11) is 0. The Morgan fingerprint density at radius 2 is 0.567 bits per heavy atom. The number of hydrogen-bond acceptors (Lipinski definition) is 0. The Hall–Kier alpha value is 2.96. The molecule has 168 valence electrons. The van der Waals surface area contributed by atoms with E-state index in [1.165, 1.54) is 0 Å². The summed E-state index contributed by atoms with van der Waals surface area (Å²) in [5, 5.41) is 0.765. The molecule has 0 aromatic rings. The molecule has 5 aliphatic rings. The first kappa shape index (κ1) is 24.6. The van der Waals surface area contributed by atoms with Gasteiger partial charge in [-0.15, -0.1) is 46.4 Å². The molecule has 0 aromatic carbocycles. The third-order valence-corrected chi connectivity index (χ3v) is 16.8. The van der Waals surface area contributed by atoms with Gasteiger partial charge < -0.3 is 0 Å².